The van der Waals surface area contributed by atoms with Crippen LogP contribution in [0.1, 0.15) is 36.1 Å². The molecule has 0 saturated carbocycles. The SMILES string of the molecule is CC(C)(c1ccccc1)c1ccc(OCC(=O)N/N=C/c2cc(Br)ccc2OCc2ccccc2)cc1. The third kappa shape index (κ3) is 7.30. The lowest BCUT2D eigenvalue weighted by Gasteiger charge is -2.26. The van der Waals surface area contributed by atoms with Gasteiger partial charge in [-0.2, -0.15) is 5.10 Å². The lowest BCUT2D eigenvalue weighted by Crippen LogP contribution is -2.24. The average Bonchev–Trinajstić information content (AvgIpc) is 2.93. The van der Waals surface area contributed by atoms with E-state index in [9.17, 15) is 4.79 Å². The summed E-state index contributed by atoms with van der Waals surface area (Å²) < 4.78 is 12.5. The summed E-state index contributed by atoms with van der Waals surface area (Å²) in [6, 6.07) is 33.8. The van der Waals surface area contributed by atoms with Crippen LogP contribution in [0.3, 0.4) is 0 Å². The van der Waals surface area contributed by atoms with Gasteiger partial charge in [-0.1, -0.05) is 103 Å². The zero-order valence-corrected chi connectivity index (χ0v) is 22.4. The lowest BCUT2D eigenvalue weighted by molar-refractivity contribution is -0.123. The van der Waals surface area contributed by atoms with Crippen molar-refractivity contribution in [2.75, 3.05) is 6.61 Å². The van der Waals surface area contributed by atoms with E-state index in [0.29, 0.717) is 18.1 Å². The van der Waals surface area contributed by atoms with Crippen LogP contribution in [0.4, 0.5) is 0 Å². The molecule has 5 nitrogen and oxygen atoms in total. The summed E-state index contributed by atoms with van der Waals surface area (Å²) in [7, 11) is 0. The first-order valence-corrected chi connectivity index (χ1v) is 12.8. The molecule has 0 aliphatic carbocycles. The van der Waals surface area contributed by atoms with Gasteiger partial charge in [-0.25, -0.2) is 5.43 Å². The summed E-state index contributed by atoms with van der Waals surface area (Å²) in [6.07, 6.45) is 1.56. The Bertz CT molecular complexity index is 1340. The van der Waals surface area contributed by atoms with Gasteiger partial charge in [0.05, 0.1) is 6.21 Å². The van der Waals surface area contributed by atoms with E-state index < -0.39 is 0 Å². The molecule has 0 aliphatic rings. The summed E-state index contributed by atoms with van der Waals surface area (Å²) in [5.41, 5.74) is 6.58. The van der Waals surface area contributed by atoms with Crippen LogP contribution in [0.5, 0.6) is 11.5 Å². The van der Waals surface area contributed by atoms with Gasteiger partial charge >= 0.3 is 0 Å². The van der Waals surface area contributed by atoms with Crippen LogP contribution in [0.2, 0.25) is 0 Å². The van der Waals surface area contributed by atoms with E-state index in [1.165, 1.54) is 11.1 Å². The molecule has 0 atom stereocenters. The zero-order valence-electron chi connectivity index (χ0n) is 20.9. The number of carbonyl (C=O) groups excluding carboxylic acids is 1. The summed E-state index contributed by atoms with van der Waals surface area (Å²) in [4.78, 5) is 12.3. The third-order valence-electron chi connectivity index (χ3n) is 6.04. The van der Waals surface area contributed by atoms with Crippen molar-refractivity contribution in [3.8, 4) is 11.5 Å². The molecule has 0 fully saturated rings. The first-order chi connectivity index (χ1) is 17.9. The topological polar surface area (TPSA) is 59.9 Å². The second-order valence-electron chi connectivity index (χ2n) is 9.05. The zero-order chi connectivity index (χ0) is 26.1. The molecule has 4 aromatic rings. The van der Waals surface area contributed by atoms with E-state index in [1.54, 1.807) is 6.21 Å². The van der Waals surface area contributed by atoms with E-state index in [4.69, 9.17) is 9.47 Å². The molecular formula is C31H29BrN2O3. The standard InChI is InChI=1S/C31H29BrN2O3/c1-31(2,25-11-7-4-8-12-25)26-13-16-28(17-14-26)36-22-30(35)34-33-20-24-19-27(32)15-18-29(24)37-21-23-9-5-3-6-10-23/h3-20H,21-22H2,1-2H3,(H,34,35)/b33-20+. The van der Waals surface area contributed by atoms with Crippen molar-refractivity contribution in [2.24, 2.45) is 5.10 Å². The van der Waals surface area contributed by atoms with Crippen LogP contribution >= 0.6 is 15.9 Å². The number of carbonyl (C=O) groups is 1. The molecule has 0 heterocycles. The summed E-state index contributed by atoms with van der Waals surface area (Å²) in [5, 5.41) is 4.09. The largest absolute Gasteiger partial charge is 0.488 e. The van der Waals surface area contributed by atoms with Crippen LogP contribution in [0.15, 0.2) is 113 Å². The van der Waals surface area contributed by atoms with E-state index in [1.807, 2.05) is 91.0 Å². The normalized spacial score (nSPS) is 11.3. The number of benzene rings is 4. The fourth-order valence-corrected chi connectivity index (χ4v) is 4.21. The van der Waals surface area contributed by atoms with Gasteiger partial charge in [-0.3, -0.25) is 4.79 Å². The quantitative estimate of drug-likeness (QED) is 0.171. The van der Waals surface area contributed by atoms with Gasteiger partial charge in [0.1, 0.15) is 18.1 Å². The number of hydrogen-bond acceptors (Lipinski definition) is 4. The fourth-order valence-electron chi connectivity index (χ4n) is 3.83. The van der Waals surface area contributed by atoms with Gasteiger partial charge < -0.3 is 9.47 Å². The summed E-state index contributed by atoms with van der Waals surface area (Å²) >= 11 is 3.47. The van der Waals surface area contributed by atoms with Crippen LogP contribution < -0.4 is 14.9 Å². The van der Waals surface area contributed by atoms with Gasteiger partial charge in [-0.05, 0) is 47.0 Å². The van der Waals surface area contributed by atoms with Crippen molar-refractivity contribution < 1.29 is 14.3 Å². The Morgan fingerprint density at radius 3 is 2.22 bits per heavy atom. The van der Waals surface area contributed by atoms with Crippen molar-refractivity contribution in [1.82, 2.24) is 5.43 Å². The highest BCUT2D eigenvalue weighted by Gasteiger charge is 2.22. The Kier molecular flexibility index (Phi) is 8.75. The molecule has 4 rings (SSSR count). The highest BCUT2D eigenvalue weighted by molar-refractivity contribution is 9.10. The first-order valence-electron chi connectivity index (χ1n) is 12.0. The minimum atomic E-state index is -0.355. The smallest absolute Gasteiger partial charge is 0.277 e. The minimum absolute atomic E-state index is 0.137. The van der Waals surface area contributed by atoms with Crippen LogP contribution in [-0.4, -0.2) is 18.7 Å². The molecule has 0 spiro atoms. The molecule has 6 heteroatoms. The third-order valence-corrected chi connectivity index (χ3v) is 6.54. The monoisotopic (exact) mass is 556 g/mol. The Hall–Kier alpha value is -3.90. The van der Waals surface area contributed by atoms with Crippen LogP contribution in [-0.2, 0) is 16.8 Å². The van der Waals surface area contributed by atoms with Crippen molar-refractivity contribution >= 4 is 28.1 Å². The maximum atomic E-state index is 12.3. The Morgan fingerprint density at radius 2 is 1.51 bits per heavy atom. The van der Waals surface area contributed by atoms with Gasteiger partial charge in [0.25, 0.3) is 5.91 Å². The number of nitrogens with zero attached hydrogens (tertiary/aromatic N) is 1. The molecule has 0 aromatic heterocycles. The molecule has 0 radical (unpaired) electrons. The second kappa shape index (κ2) is 12.4. The van der Waals surface area contributed by atoms with Gasteiger partial charge in [0.15, 0.2) is 6.61 Å². The molecule has 0 unspecified atom stereocenters. The molecular weight excluding hydrogens is 528 g/mol. The van der Waals surface area contributed by atoms with Crippen molar-refractivity contribution in [1.29, 1.82) is 0 Å². The van der Waals surface area contributed by atoms with E-state index in [0.717, 1.165) is 15.6 Å². The molecule has 37 heavy (non-hydrogen) atoms. The van der Waals surface area contributed by atoms with E-state index in [2.05, 4.69) is 52.4 Å². The minimum Gasteiger partial charge on any atom is -0.488 e. The fraction of sp³-hybridized carbons (Fsp3) is 0.161. The molecule has 0 saturated heterocycles. The van der Waals surface area contributed by atoms with Crippen molar-refractivity contribution in [2.45, 2.75) is 25.9 Å². The maximum absolute atomic E-state index is 12.3. The number of rotatable bonds is 10. The van der Waals surface area contributed by atoms with Gasteiger partial charge in [0.2, 0.25) is 0 Å². The summed E-state index contributed by atoms with van der Waals surface area (Å²) in [6.45, 7) is 4.67. The van der Waals surface area contributed by atoms with Gasteiger partial charge in [-0.15, -0.1) is 0 Å². The van der Waals surface area contributed by atoms with Gasteiger partial charge in [0, 0.05) is 15.5 Å². The Balaban J connectivity index is 1.30. The Labute approximate surface area is 226 Å². The highest BCUT2D eigenvalue weighted by atomic mass is 79.9. The predicted molar refractivity (Wildman–Crippen MR) is 151 cm³/mol. The van der Waals surface area contributed by atoms with Crippen LogP contribution in [0, 0.1) is 0 Å². The predicted octanol–water partition coefficient (Wildman–Crippen LogP) is 6.88. The number of nitrogens with one attached hydrogen (secondary N) is 1. The molecule has 1 N–H and O–H groups in total. The average molecular weight is 557 g/mol. The molecule has 0 aliphatic heterocycles. The van der Waals surface area contributed by atoms with Crippen molar-refractivity contribution in [3.05, 3.63) is 130 Å². The molecule has 4 aromatic carbocycles. The number of hydrogen-bond donors (Lipinski definition) is 1. The van der Waals surface area contributed by atoms with Crippen LogP contribution in [0.25, 0.3) is 0 Å². The summed E-state index contributed by atoms with van der Waals surface area (Å²) in [5.74, 6) is 0.932. The van der Waals surface area contributed by atoms with E-state index >= 15 is 0 Å². The molecule has 1 amide bonds. The first kappa shape index (κ1) is 26.2. The molecule has 0 bridgehead atoms. The van der Waals surface area contributed by atoms with Crippen molar-refractivity contribution in [3.63, 3.8) is 0 Å². The number of hydrazone groups is 1. The highest BCUT2D eigenvalue weighted by Crippen LogP contribution is 2.32. The number of amides is 1. The second-order valence-corrected chi connectivity index (χ2v) is 9.97. The van der Waals surface area contributed by atoms with E-state index in [-0.39, 0.29) is 17.9 Å². The Morgan fingerprint density at radius 1 is 0.865 bits per heavy atom. The number of ether oxygens (including phenoxy) is 2. The molecule has 188 valence electrons. The number of halogens is 1. The lowest BCUT2D eigenvalue weighted by atomic mass is 9.78. The maximum Gasteiger partial charge on any atom is 0.277 e.